The number of nitrogens with one attached hydrogen (secondary N) is 2. The summed E-state index contributed by atoms with van der Waals surface area (Å²) in [4.78, 5) is 35.2. The van der Waals surface area contributed by atoms with Crippen molar-refractivity contribution in [3.05, 3.63) is 33.4 Å². The van der Waals surface area contributed by atoms with Crippen LogP contribution in [0, 0.1) is 3.57 Å². The van der Waals surface area contributed by atoms with Crippen LogP contribution in [0.1, 0.15) is 18.4 Å². The molecule has 1 fully saturated rings. The third-order valence-electron chi connectivity index (χ3n) is 3.44. The third kappa shape index (κ3) is 4.43. The first-order valence-corrected chi connectivity index (χ1v) is 7.99. The summed E-state index contributed by atoms with van der Waals surface area (Å²) in [5.74, 6) is -1.00. The van der Waals surface area contributed by atoms with Gasteiger partial charge in [0, 0.05) is 16.4 Å². The van der Waals surface area contributed by atoms with Gasteiger partial charge in [0.05, 0.1) is 7.11 Å². The van der Waals surface area contributed by atoms with E-state index in [4.69, 9.17) is 4.74 Å². The molecule has 7 heteroatoms. The van der Waals surface area contributed by atoms with Crippen LogP contribution in [0.2, 0.25) is 0 Å². The molecule has 0 spiro atoms. The molecule has 2 atom stereocenters. The first-order valence-electron chi connectivity index (χ1n) is 6.91. The molecule has 1 aliphatic heterocycles. The minimum atomic E-state index is -0.770. The largest absolute Gasteiger partial charge is 0.467 e. The van der Waals surface area contributed by atoms with Crippen LogP contribution in [0.4, 0.5) is 0 Å². The summed E-state index contributed by atoms with van der Waals surface area (Å²) >= 11 is 2.19. The van der Waals surface area contributed by atoms with Crippen molar-refractivity contribution in [2.45, 2.75) is 31.3 Å². The number of carbonyl (C=O) groups excluding carboxylic acids is 3. The topological polar surface area (TPSA) is 84.5 Å². The molecule has 1 heterocycles. The number of ether oxygens (including phenoxy) is 1. The Labute approximate surface area is 142 Å². The highest BCUT2D eigenvalue weighted by molar-refractivity contribution is 14.1. The smallest absolute Gasteiger partial charge is 0.328 e. The van der Waals surface area contributed by atoms with E-state index in [-0.39, 0.29) is 11.8 Å². The van der Waals surface area contributed by atoms with Gasteiger partial charge in [-0.15, -0.1) is 0 Å². The lowest BCUT2D eigenvalue weighted by molar-refractivity contribution is -0.145. The summed E-state index contributed by atoms with van der Waals surface area (Å²) in [6.07, 6.45) is 1.12. The van der Waals surface area contributed by atoms with E-state index in [1.807, 2.05) is 24.3 Å². The van der Waals surface area contributed by atoms with E-state index in [0.29, 0.717) is 19.3 Å². The van der Waals surface area contributed by atoms with Crippen LogP contribution in [0.15, 0.2) is 24.3 Å². The predicted octanol–water partition coefficient (Wildman–Crippen LogP) is 0.770. The highest BCUT2D eigenvalue weighted by atomic mass is 127. The molecule has 0 aromatic heterocycles. The molecule has 2 rings (SSSR count). The Hall–Kier alpha value is -1.64. The number of amides is 2. The Morgan fingerprint density at radius 3 is 2.86 bits per heavy atom. The molecule has 1 aromatic carbocycles. The van der Waals surface area contributed by atoms with Crippen molar-refractivity contribution in [1.29, 1.82) is 0 Å². The normalized spacial score (nSPS) is 18.5. The Balaban J connectivity index is 2.04. The first kappa shape index (κ1) is 16.7. The molecule has 0 radical (unpaired) electrons. The Bertz CT molecular complexity index is 591. The van der Waals surface area contributed by atoms with Gasteiger partial charge in [0.25, 0.3) is 0 Å². The second kappa shape index (κ2) is 7.57. The Morgan fingerprint density at radius 1 is 1.50 bits per heavy atom. The summed E-state index contributed by atoms with van der Waals surface area (Å²) < 4.78 is 5.81. The molecular weight excluding hydrogens is 399 g/mol. The fraction of sp³-hybridized carbons (Fsp3) is 0.400. The molecule has 1 saturated heterocycles. The Morgan fingerprint density at radius 2 is 2.27 bits per heavy atom. The van der Waals surface area contributed by atoms with Crippen molar-refractivity contribution in [2.24, 2.45) is 0 Å². The van der Waals surface area contributed by atoms with Crippen molar-refractivity contribution >= 4 is 40.4 Å². The van der Waals surface area contributed by atoms with Crippen LogP contribution in [-0.4, -0.2) is 37.0 Å². The second-order valence-electron chi connectivity index (χ2n) is 5.08. The van der Waals surface area contributed by atoms with Crippen molar-refractivity contribution in [1.82, 2.24) is 10.6 Å². The van der Waals surface area contributed by atoms with E-state index in [2.05, 4.69) is 33.2 Å². The quantitative estimate of drug-likeness (QED) is 0.549. The van der Waals surface area contributed by atoms with Gasteiger partial charge < -0.3 is 15.4 Å². The number of hydrogen-bond donors (Lipinski definition) is 2. The number of halogens is 1. The SMILES string of the molecule is COC(=O)[C@@H](Cc1cccc(I)c1)NC(=O)[C@H]1CCC(=O)N1. The van der Waals surface area contributed by atoms with Gasteiger partial charge in [0.2, 0.25) is 11.8 Å². The van der Waals surface area contributed by atoms with Crippen LogP contribution in [0.5, 0.6) is 0 Å². The van der Waals surface area contributed by atoms with Gasteiger partial charge >= 0.3 is 5.97 Å². The summed E-state index contributed by atoms with van der Waals surface area (Å²) in [5.41, 5.74) is 0.929. The van der Waals surface area contributed by atoms with Crippen molar-refractivity contribution in [2.75, 3.05) is 7.11 Å². The van der Waals surface area contributed by atoms with Crippen LogP contribution >= 0.6 is 22.6 Å². The van der Waals surface area contributed by atoms with Crippen LogP contribution in [0.25, 0.3) is 0 Å². The minimum absolute atomic E-state index is 0.146. The zero-order valence-corrected chi connectivity index (χ0v) is 14.3. The predicted molar refractivity (Wildman–Crippen MR) is 88.0 cm³/mol. The summed E-state index contributed by atoms with van der Waals surface area (Å²) in [5, 5.41) is 5.25. The van der Waals surface area contributed by atoms with Gasteiger partial charge in [-0.25, -0.2) is 4.79 Å². The van der Waals surface area contributed by atoms with Gasteiger partial charge in [0.15, 0.2) is 0 Å². The average Bonchev–Trinajstić information content (AvgIpc) is 2.92. The molecule has 2 amide bonds. The monoisotopic (exact) mass is 416 g/mol. The standard InChI is InChI=1S/C15H17IN2O4/c1-22-15(21)12(8-9-3-2-4-10(16)7-9)18-14(20)11-5-6-13(19)17-11/h2-4,7,11-12H,5-6,8H2,1H3,(H,17,19)(H,18,20)/t11-,12-/m1/s1. The molecule has 2 N–H and O–H groups in total. The van der Waals surface area contributed by atoms with Crippen molar-refractivity contribution in [3.8, 4) is 0 Å². The highest BCUT2D eigenvalue weighted by Gasteiger charge is 2.30. The van der Waals surface area contributed by atoms with E-state index < -0.39 is 18.1 Å². The van der Waals surface area contributed by atoms with Gasteiger partial charge in [-0.1, -0.05) is 12.1 Å². The molecule has 0 saturated carbocycles. The number of rotatable bonds is 5. The zero-order valence-electron chi connectivity index (χ0n) is 12.1. The van der Waals surface area contributed by atoms with E-state index in [0.717, 1.165) is 9.13 Å². The lowest BCUT2D eigenvalue weighted by atomic mass is 10.1. The third-order valence-corrected chi connectivity index (χ3v) is 4.11. The fourth-order valence-electron chi connectivity index (χ4n) is 2.32. The summed E-state index contributed by atoms with van der Waals surface area (Å²) in [7, 11) is 1.29. The molecule has 0 unspecified atom stereocenters. The highest BCUT2D eigenvalue weighted by Crippen LogP contribution is 2.12. The number of carbonyl (C=O) groups is 3. The molecule has 6 nitrogen and oxygen atoms in total. The molecule has 118 valence electrons. The molecular formula is C15H17IN2O4. The van der Waals surface area contributed by atoms with E-state index >= 15 is 0 Å². The number of esters is 1. The van der Waals surface area contributed by atoms with Crippen molar-refractivity contribution in [3.63, 3.8) is 0 Å². The van der Waals surface area contributed by atoms with Crippen LogP contribution < -0.4 is 10.6 Å². The van der Waals surface area contributed by atoms with Gasteiger partial charge in [-0.2, -0.15) is 0 Å². The van der Waals surface area contributed by atoms with E-state index in [1.165, 1.54) is 7.11 Å². The minimum Gasteiger partial charge on any atom is -0.467 e. The summed E-state index contributed by atoms with van der Waals surface area (Å²) in [6, 6.07) is 6.33. The molecule has 0 bridgehead atoms. The second-order valence-corrected chi connectivity index (χ2v) is 6.32. The van der Waals surface area contributed by atoms with Crippen LogP contribution in [0.3, 0.4) is 0 Å². The number of benzene rings is 1. The van der Waals surface area contributed by atoms with Gasteiger partial charge in [0.1, 0.15) is 12.1 Å². The fourth-order valence-corrected chi connectivity index (χ4v) is 2.93. The molecule has 22 heavy (non-hydrogen) atoms. The van der Waals surface area contributed by atoms with Crippen LogP contribution in [-0.2, 0) is 25.5 Å². The molecule has 1 aliphatic rings. The molecule has 0 aliphatic carbocycles. The maximum Gasteiger partial charge on any atom is 0.328 e. The van der Waals surface area contributed by atoms with Gasteiger partial charge in [-0.05, 0) is 46.7 Å². The maximum atomic E-state index is 12.1. The Kier molecular flexibility index (Phi) is 5.76. The summed E-state index contributed by atoms with van der Waals surface area (Å²) in [6.45, 7) is 0. The average molecular weight is 416 g/mol. The van der Waals surface area contributed by atoms with E-state index in [9.17, 15) is 14.4 Å². The number of methoxy groups -OCH3 is 1. The zero-order chi connectivity index (χ0) is 16.1. The van der Waals surface area contributed by atoms with Gasteiger partial charge in [-0.3, -0.25) is 9.59 Å². The van der Waals surface area contributed by atoms with E-state index in [1.54, 1.807) is 0 Å². The molecule has 1 aromatic rings. The lowest BCUT2D eigenvalue weighted by Gasteiger charge is -2.19. The van der Waals surface area contributed by atoms with Crippen molar-refractivity contribution < 1.29 is 19.1 Å². The maximum absolute atomic E-state index is 12.1. The number of hydrogen-bond acceptors (Lipinski definition) is 4. The first-order chi connectivity index (χ1) is 10.5. The lowest BCUT2D eigenvalue weighted by Crippen LogP contribution is -2.50.